The van der Waals surface area contributed by atoms with Crippen molar-refractivity contribution >= 4 is 5.78 Å². The van der Waals surface area contributed by atoms with Gasteiger partial charge in [-0.2, -0.15) is 0 Å². The van der Waals surface area contributed by atoms with Gasteiger partial charge in [0.2, 0.25) is 0 Å². The van der Waals surface area contributed by atoms with E-state index in [0.29, 0.717) is 11.2 Å². The van der Waals surface area contributed by atoms with E-state index in [-0.39, 0.29) is 0 Å². The third kappa shape index (κ3) is 15.7. The molecule has 0 saturated heterocycles. The number of unbranched alkanes of at least 4 members (excludes halogenated alkanes) is 8. The second-order valence-corrected chi connectivity index (χ2v) is 6.94. The summed E-state index contributed by atoms with van der Waals surface area (Å²) in [5.41, 5.74) is 0.511. The molecule has 18 heavy (non-hydrogen) atoms. The number of hydrogen-bond acceptors (Lipinski definition) is 1. The quantitative estimate of drug-likeness (QED) is 0.419. The van der Waals surface area contributed by atoms with Crippen LogP contribution in [0.3, 0.4) is 0 Å². The summed E-state index contributed by atoms with van der Waals surface area (Å²) >= 11 is 0. The molecule has 108 valence electrons. The van der Waals surface area contributed by atoms with E-state index in [0.717, 1.165) is 12.8 Å². The Morgan fingerprint density at radius 2 is 1.11 bits per heavy atom. The van der Waals surface area contributed by atoms with Crippen molar-refractivity contribution in [1.82, 2.24) is 0 Å². The van der Waals surface area contributed by atoms with Gasteiger partial charge in [0, 0.05) is 6.42 Å². The van der Waals surface area contributed by atoms with Crippen LogP contribution in [0.2, 0.25) is 0 Å². The lowest BCUT2D eigenvalue weighted by Gasteiger charge is -2.17. The first-order valence-electron chi connectivity index (χ1n) is 7.91. The summed E-state index contributed by atoms with van der Waals surface area (Å²) < 4.78 is 0. The predicted octanol–water partition coefficient (Wildman–Crippen LogP) is 5.91. The molecular formula is C17H34O. The van der Waals surface area contributed by atoms with Gasteiger partial charge in [-0.05, 0) is 25.2 Å². The summed E-state index contributed by atoms with van der Waals surface area (Å²) in [7, 11) is 0. The number of rotatable bonds is 11. The molecule has 0 aliphatic carbocycles. The van der Waals surface area contributed by atoms with Crippen molar-refractivity contribution < 1.29 is 4.79 Å². The molecule has 0 atom stereocenters. The second-order valence-electron chi connectivity index (χ2n) is 6.94. The van der Waals surface area contributed by atoms with Crippen LogP contribution in [0.25, 0.3) is 0 Å². The van der Waals surface area contributed by atoms with Gasteiger partial charge < -0.3 is 4.79 Å². The van der Waals surface area contributed by atoms with Gasteiger partial charge in [-0.3, -0.25) is 0 Å². The number of hydrogen-bond donors (Lipinski definition) is 0. The maximum atomic E-state index is 10.7. The fraction of sp³-hybridized carbons (Fsp3) is 0.941. The minimum Gasteiger partial charge on any atom is -0.300 e. The van der Waals surface area contributed by atoms with Crippen molar-refractivity contribution in [2.75, 3.05) is 0 Å². The SMILES string of the molecule is CC(=O)CCCCCCCCCCCC(C)(C)C. The highest BCUT2D eigenvalue weighted by Crippen LogP contribution is 2.22. The van der Waals surface area contributed by atoms with E-state index < -0.39 is 0 Å². The third-order valence-electron chi connectivity index (χ3n) is 3.46. The number of ketones is 1. The van der Waals surface area contributed by atoms with Gasteiger partial charge >= 0.3 is 0 Å². The number of carbonyl (C=O) groups is 1. The normalized spacial score (nSPS) is 11.8. The molecule has 0 aromatic rings. The molecule has 0 aliphatic heterocycles. The molecule has 0 saturated carbocycles. The van der Waals surface area contributed by atoms with Gasteiger partial charge in [-0.1, -0.05) is 72.1 Å². The first-order chi connectivity index (χ1) is 8.42. The predicted molar refractivity (Wildman–Crippen MR) is 80.9 cm³/mol. The van der Waals surface area contributed by atoms with E-state index in [4.69, 9.17) is 0 Å². The zero-order valence-corrected chi connectivity index (χ0v) is 13.2. The molecule has 0 aliphatic rings. The van der Waals surface area contributed by atoms with Crippen LogP contribution in [0.1, 0.15) is 98.3 Å². The van der Waals surface area contributed by atoms with E-state index in [1.165, 1.54) is 57.8 Å². The maximum Gasteiger partial charge on any atom is 0.129 e. The molecule has 0 N–H and O–H groups in total. The molecule has 0 bridgehead atoms. The summed E-state index contributed by atoms with van der Waals surface area (Å²) in [6, 6.07) is 0. The Balaban J connectivity index is 3.06. The Bertz CT molecular complexity index is 200. The lowest BCUT2D eigenvalue weighted by atomic mass is 9.89. The molecule has 0 spiro atoms. The number of Topliss-reactive ketones (excluding diaryl/α,β-unsaturated/α-hetero) is 1. The summed E-state index contributed by atoms with van der Waals surface area (Å²) in [6.45, 7) is 8.67. The van der Waals surface area contributed by atoms with Crippen LogP contribution in [-0.4, -0.2) is 5.78 Å². The first kappa shape index (κ1) is 17.7. The lowest BCUT2D eigenvalue weighted by molar-refractivity contribution is -0.117. The zero-order chi connectivity index (χ0) is 13.9. The van der Waals surface area contributed by atoms with Crippen molar-refractivity contribution in [2.45, 2.75) is 98.3 Å². The second kappa shape index (κ2) is 10.6. The molecule has 0 rings (SSSR count). The summed E-state index contributed by atoms with van der Waals surface area (Å²) in [5.74, 6) is 0.342. The highest BCUT2D eigenvalue weighted by Gasteiger charge is 2.08. The Morgan fingerprint density at radius 1 is 0.722 bits per heavy atom. The van der Waals surface area contributed by atoms with Crippen LogP contribution in [0.5, 0.6) is 0 Å². The molecule has 0 aromatic heterocycles. The monoisotopic (exact) mass is 254 g/mol. The van der Waals surface area contributed by atoms with Gasteiger partial charge in [0.05, 0.1) is 0 Å². The van der Waals surface area contributed by atoms with Gasteiger partial charge in [0.15, 0.2) is 0 Å². The fourth-order valence-corrected chi connectivity index (χ4v) is 2.27. The first-order valence-corrected chi connectivity index (χ1v) is 7.91. The molecule has 1 heteroatoms. The van der Waals surface area contributed by atoms with E-state index in [1.807, 2.05) is 0 Å². The van der Waals surface area contributed by atoms with Crippen molar-refractivity contribution in [3.63, 3.8) is 0 Å². The minimum atomic E-state index is 0.342. The molecule has 0 heterocycles. The summed E-state index contributed by atoms with van der Waals surface area (Å²) in [4.78, 5) is 10.7. The maximum absolute atomic E-state index is 10.7. The average Bonchev–Trinajstić information content (AvgIpc) is 2.24. The van der Waals surface area contributed by atoms with Gasteiger partial charge in [0.25, 0.3) is 0 Å². The third-order valence-corrected chi connectivity index (χ3v) is 3.46. The largest absolute Gasteiger partial charge is 0.300 e. The van der Waals surface area contributed by atoms with Gasteiger partial charge in [-0.15, -0.1) is 0 Å². The highest BCUT2D eigenvalue weighted by atomic mass is 16.1. The molecule has 0 unspecified atom stereocenters. The van der Waals surface area contributed by atoms with Crippen LogP contribution in [0.15, 0.2) is 0 Å². The molecule has 0 aromatic carbocycles. The van der Waals surface area contributed by atoms with Crippen molar-refractivity contribution in [1.29, 1.82) is 0 Å². The Hall–Kier alpha value is -0.330. The van der Waals surface area contributed by atoms with E-state index in [9.17, 15) is 4.79 Å². The summed E-state index contributed by atoms with van der Waals surface area (Å²) in [6.07, 6.45) is 14.1. The van der Waals surface area contributed by atoms with Crippen LogP contribution in [0.4, 0.5) is 0 Å². The Labute approximate surface area is 115 Å². The minimum absolute atomic E-state index is 0.342. The highest BCUT2D eigenvalue weighted by molar-refractivity contribution is 5.75. The Kier molecular flexibility index (Phi) is 10.4. The van der Waals surface area contributed by atoms with Crippen LogP contribution >= 0.6 is 0 Å². The standard InChI is InChI=1S/C17H34O/c1-16(18)14-12-10-8-6-5-7-9-11-13-15-17(2,3)4/h5-15H2,1-4H3. The summed E-state index contributed by atoms with van der Waals surface area (Å²) in [5, 5.41) is 0. The smallest absolute Gasteiger partial charge is 0.129 e. The Morgan fingerprint density at radius 3 is 1.50 bits per heavy atom. The van der Waals surface area contributed by atoms with Crippen LogP contribution < -0.4 is 0 Å². The molecule has 0 fully saturated rings. The molecular weight excluding hydrogens is 220 g/mol. The van der Waals surface area contributed by atoms with Crippen LogP contribution in [-0.2, 0) is 4.79 Å². The molecule has 0 radical (unpaired) electrons. The van der Waals surface area contributed by atoms with E-state index >= 15 is 0 Å². The number of carbonyl (C=O) groups excluding carboxylic acids is 1. The van der Waals surface area contributed by atoms with Gasteiger partial charge in [-0.25, -0.2) is 0 Å². The fourth-order valence-electron chi connectivity index (χ4n) is 2.27. The van der Waals surface area contributed by atoms with Crippen molar-refractivity contribution in [2.24, 2.45) is 5.41 Å². The zero-order valence-electron chi connectivity index (χ0n) is 13.2. The average molecular weight is 254 g/mol. The van der Waals surface area contributed by atoms with Crippen molar-refractivity contribution in [3.8, 4) is 0 Å². The van der Waals surface area contributed by atoms with Crippen molar-refractivity contribution in [3.05, 3.63) is 0 Å². The molecule has 0 amide bonds. The molecule has 1 nitrogen and oxygen atoms in total. The lowest BCUT2D eigenvalue weighted by Crippen LogP contribution is -2.03. The van der Waals surface area contributed by atoms with E-state index in [2.05, 4.69) is 20.8 Å². The van der Waals surface area contributed by atoms with E-state index in [1.54, 1.807) is 6.92 Å². The van der Waals surface area contributed by atoms with Crippen LogP contribution in [0, 0.1) is 5.41 Å². The topological polar surface area (TPSA) is 17.1 Å². The van der Waals surface area contributed by atoms with Gasteiger partial charge in [0.1, 0.15) is 5.78 Å².